The lowest BCUT2D eigenvalue weighted by Gasteiger charge is -2.04. The van der Waals surface area contributed by atoms with E-state index in [1.54, 1.807) is 0 Å². The Kier molecular flexibility index (Phi) is 5.63. The molecule has 1 aromatic rings. The van der Waals surface area contributed by atoms with Gasteiger partial charge in [-0.3, -0.25) is 5.43 Å². The second-order valence-electron chi connectivity index (χ2n) is 3.97. The third-order valence-electron chi connectivity index (χ3n) is 2.52. The minimum atomic E-state index is 0.184. The first-order valence-corrected chi connectivity index (χ1v) is 6.23. The van der Waals surface area contributed by atoms with E-state index in [1.165, 1.54) is 18.4 Å². The molecule has 0 atom stereocenters. The molecule has 3 nitrogen and oxygen atoms in total. The van der Waals surface area contributed by atoms with Crippen LogP contribution in [0.25, 0.3) is 0 Å². The number of thiocarbonyl (C=S) groups is 1. The highest BCUT2D eigenvalue weighted by Crippen LogP contribution is 2.08. The fourth-order valence-electron chi connectivity index (χ4n) is 1.50. The number of aryl methyl sites for hydroxylation is 1. The van der Waals surface area contributed by atoms with Crippen LogP contribution in [-0.2, 0) is 6.42 Å². The van der Waals surface area contributed by atoms with Crippen LogP contribution in [0.4, 0.5) is 0 Å². The summed E-state index contributed by atoms with van der Waals surface area (Å²) in [4.78, 5) is 0. The summed E-state index contributed by atoms with van der Waals surface area (Å²) in [6, 6.07) is 8.44. The van der Waals surface area contributed by atoms with Gasteiger partial charge in [-0.05, 0) is 43.1 Å². The highest BCUT2D eigenvalue weighted by atomic mass is 32.1. The van der Waals surface area contributed by atoms with Crippen LogP contribution >= 0.6 is 12.2 Å². The second kappa shape index (κ2) is 7.01. The summed E-state index contributed by atoms with van der Waals surface area (Å²) in [5.74, 6) is 0. The van der Waals surface area contributed by atoms with Crippen molar-refractivity contribution in [2.24, 2.45) is 10.8 Å². The number of hydrazone groups is 1. The molecule has 17 heavy (non-hydrogen) atoms. The molecule has 0 bridgehead atoms. The molecule has 0 heterocycles. The predicted octanol–water partition coefficient (Wildman–Crippen LogP) is 2.59. The van der Waals surface area contributed by atoms with Gasteiger partial charge in [-0.25, -0.2) is 0 Å². The van der Waals surface area contributed by atoms with E-state index >= 15 is 0 Å². The highest BCUT2D eigenvalue weighted by Gasteiger charge is 1.98. The molecule has 1 rings (SSSR count). The van der Waals surface area contributed by atoms with Crippen molar-refractivity contribution in [1.29, 1.82) is 0 Å². The summed E-state index contributed by atoms with van der Waals surface area (Å²) in [5.41, 5.74) is 11.2. The number of hydrogen-bond acceptors (Lipinski definition) is 2. The molecule has 0 saturated carbocycles. The van der Waals surface area contributed by atoms with E-state index in [1.807, 2.05) is 6.92 Å². The van der Waals surface area contributed by atoms with E-state index in [4.69, 9.17) is 18.0 Å². The molecular formula is C13H19N3S. The summed E-state index contributed by atoms with van der Waals surface area (Å²) in [6.45, 7) is 4.12. The predicted molar refractivity (Wildman–Crippen MR) is 77.2 cm³/mol. The lowest BCUT2D eigenvalue weighted by Crippen LogP contribution is -2.25. The standard InChI is InChI=1S/C13H19N3S/c1-3-4-5-11-6-8-12(9-7-11)10(2)15-16-13(14)17/h6-9H,3-5H2,1-2H3,(H3,14,16,17)/b15-10-. The first kappa shape index (κ1) is 13.6. The minimum Gasteiger partial charge on any atom is -0.375 e. The molecule has 0 saturated heterocycles. The Balaban J connectivity index is 2.66. The quantitative estimate of drug-likeness (QED) is 0.479. The maximum atomic E-state index is 5.31. The van der Waals surface area contributed by atoms with Crippen molar-refractivity contribution < 1.29 is 0 Å². The van der Waals surface area contributed by atoms with Gasteiger partial charge in [0, 0.05) is 0 Å². The van der Waals surface area contributed by atoms with Crippen LogP contribution in [0, 0.1) is 0 Å². The van der Waals surface area contributed by atoms with Crippen molar-refractivity contribution in [3.63, 3.8) is 0 Å². The zero-order valence-electron chi connectivity index (χ0n) is 10.4. The number of unbranched alkanes of at least 4 members (excludes halogenated alkanes) is 1. The summed E-state index contributed by atoms with van der Waals surface area (Å²) in [5, 5.41) is 4.27. The fourth-order valence-corrected chi connectivity index (χ4v) is 1.54. The lowest BCUT2D eigenvalue weighted by atomic mass is 10.0. The third kappa shape index (κ3) is 4.95. The van der Waals surface area contributed by atoms with E-state index in [0.717, 1.165) is 17.7 Å². The molecule has 0 fully saturated rings. The average Bonchev–Trinajstić information content (AvgIpc) is 2.34. The van der Waals surface area contributed by atoms with Crippen molar-refractivity contribution in [2.45, 2.75) is 33.1 Å². The number of benzene rings is 1. The van der Waals surface area contributed by atoms with Crippen molar-refractivity contribution in [2.75, 3.05) is 0 Å². The molecule has 4 heteroatoms. The zero-order chi connectivity index (χ0) is 12.7. The molecule has 3 N–H and O–H groups in total. The van der Waals surface area contributed by atoms with Crippen molar-refractivity contribution in [3.05, 3.63) is 35.4 Å². The first-order chi connectivity index (χ1) is 8.13. The second-order valence-corrected chi connectivity index (χ2v) is 4.41. The Morgan fingerprint density at radius 1 is 1.35 bits per heavy atom. The Morgan fingerprint density at radius 3 is 2.53 bits per heavy atom. The van der Waals surface area contributed by atoms with Gasteiger partial charge in [0.2, 0.25) is 0 Å². The van der Waals surface area contributed by atoms with E-state index in [2.05, 4.69) is 41.7 Å². The molecule has 0 radical (unpaired) electrons. The van der Waals surface area contributed by atoms with Crippen molar-refractivity contribution >= 4 is 23.0 Å². The first-order valence-electron chi connectivity index (χ1n) is 5.82. The molecule has 0 amide bonds. The van der Waals surface area contributed by atoms with Crippen LogP contribution in [0.5, 0.6) is 0 Å². The summed E-state index contributed by atoms with van der Waals surface area (Å²) in [6.07, 6.45) is 3.59. The van der Waals surface area contributed by atoms with Gasteiger partial charge < -0.3 is 5.73 Å². The maximum absolute atomic E-state index is 5.31. The fraction of sp³-hybridized carbons (Fsp3) is 0.385. The van der Waals surface area contributed by atoms with Gasteiger partial charge in [-0.1, -0.05) is 37.6 Å². The number of nitrogens with one attached hydrogen (secondary N) is 1. The minimum absolute atomic E-state index is 0.184. The zero-order valence-corrected chi connectivity index (χ0v) is 11.2. The number of hydrogen-bond donors (Lipinski definition) is 2. The largest absolute Gasteiger partial charge is 0.375 e. The Labute approximate surface area is 108 Å². The Bertz CT molecular complexity index is 396. The van der Waals surface area contributed by atoms with Gasteiger partial charge in [0.15, 0.2) is 5.11 Å². The summed E-state index contributed by atoms with van der Waals surface area (Å²) < 4.78 is 0. The van der Waals surface area contributed by atoms with Gasteiger partial charge in [-0.2, -0.15) is 5.10 Å². The van der Waals surface area contributed by atoms with E-state index in [-0.39, 0.29) is 5.11 Å². The number of rotatable bonds is 5. The Hall–Kier alpha value is -1.42. The van der Waals surface area contributed by atoms with Crippen LogP contribution in [0.1, 0.15) is 37.8 Å². The van der Waals surface area contributed by atoms with E-state index in [0.29, 0.717) is 0 Å². The van der Waals surface area contributed by atoms with Crippen LogP contribution in [0.15, 0.2) is 29.4 Å². The molecule has 0 aliphatic carbocycles. The molecule has 0 aliphatic rings. The third-order valence-corrected chi connectivity index (χ3v) is 2.62. The van der Waals surface area contributed by atoms with Crippen LogP contribution in [-0.4, -0.2) is 10.8 Å². The SMILES string of the molecule is CCCCc1ccc(/C(C)=N\NC(N)=S)cc1. The van der Waals surface area contributed by atoms with Crippen molar-refractivity contribution in [1.82, 2.24) is 5.43 Å². The number of nitrogens with two attached hydrogens (primary N) is 1. The molecule has 92 valence electrons. The summed E-state index contributed by atoms with van der Waals surface area (Å²) in [7, 11) is 0. The van der Waals surface area contributed by atoms with Crippen molar-refractivity contribution in [3.8, 4) is 0 Å². The Morgan fingerprint density at radius 2 is 2.00 bits per heavy atom. The van der Waals surface area contributed by atoms with Crippen LogP contribution < -0.4 is 11.2 Å². The van der Waals surface area contributed by atoms with Crippen LogP contribution in [0.2, 0.25) is 0 Å². The monoisotopic (exact) mass is 249 g/mol. The maximum Gasteiger partial charge on any atom is 0.184 e. The van der Waals surface area contributed by atoms with Crippen LogP contribution in [0.3, 0.4) is 0 Å². The van der Waals surface area contributed by atoms with Gasteiger partial charge in [0.25, 0.3) is 0 Å². The smallest absolute Gasteiger partial charge is 0.184 e. The molecule has 0 unspecified atom stereocenters. The normalized spacial score (nSPS) is 11.3. The average molecular weight is 249 g/mol. The summed E-state index contributed by atoms with van der Waals surface area (Å²) >= 11 is 4.69. The molecule has 0 spiro atoms. The van der Waals surface area contributed by atoms with Gasteiger partial charge in [0.05, 0.1) is 5.71 Å². The lowest BCUT2D eigenvalue weighted by molar-refractivity contribution is 0.795. The van der Waals surface area contributed by atoms with Gasteiger partial charge in [0.1, 0.15) is 0 Å². The molecule has 0 aliphatic heterocycles. The van der Waals surface area contributed by atoms with E-state index in [9.17, 15) is 0 Å². The van der Waals surface area contributed by atoms with Gasteiger partial charge in [-0.15, -0.1) is 0 Å². The highest BCUT2D eigenvalue weighted by molar-refractivity contribution is 7.80. The molecular weight excluding hydrogens is 230 g/mol. The molecule has 1 aromatic carbocycles. The molecule has 0 aromatic heterocycles. The van der Waals surface area contributed by atoms with E-state index < -0.39 is 0 Å². The number of nitrogens with zero attached hydrogens (tertiary/aromatic N) is 1. The topological polar surface area (TPSA) is 50.4 Å². The van der Waals surface area contributed by atoms with Gasteiger partial charge >= 0.3 is 0 Å².